The van der Waals surface area contributed by atoms with E-state index in [9.17, 15) is 49.8 Å². The van der Waals surface area contributed by atoms with Gasteiger partial charge in [-0.1, -0.05) is 26.0 Å². The number of carbonyl (C=O) groups excluding carboxylic acids is 3. The average molecular weight is 587 g/mol. The Hall–Kier alpha value is -5.04. The highest BCUT2D eigenvalue weighted by molar-refractivity contribution is 5.89. The summed E-state index contributed by atoms with van der Waals surface area (Å²) in [5.74, 6) is -6.95. The number of phenols is 4. The quantitative estimate of drug-likeness (QED) is 0.108. The van der Waals surface area contributed by atoms with E-state index in [0.29, 0.717) is 11.1 Å². The number of ether oxygens (including phenoxy) is 3. The fraction of sp³-hybridized carbons (Fsp3) is 0.310. The largest absolute Gasteiger partial charge is 0.504 e. The first kappa shape index (κ1) is 31.5. The molecule has 0 bridgehead atoms. The van der Waals surface area contributed by atoms with E-state index in [-0.39, 0.29) is 11.5 Å². The molecule has 0 spiro atoms. The Labute approximate surface area is 239 Å². The molecule has 0 aromatic heterocycles. The number of carboxylic acid groups (broad SMARTS) is 1. The number of phenolic OH excluding ortho intramolecular Hbond substituents is 4. The Kier molecular flexibility index (Phi) is 9.81. The van der Waals surface area contributed by atoms with E-state index in [2.05, 4.69) is 0 Å². The van der Waals surface area contributed by atoms with Gasteiger partial charge in [0.2, 0.25) is 5.60 Å². The van der Waals surface area contributed by atoms with Crippen molar-refractivity contribution in [3.8, 4) is 23.0 Å². The maximum absolute atomic E-state index is 12.6. The van der Waals surface area contributed by atoms with Gasteiger partial charge in [-0.25, -0.2) is 14.4 Å². The lowest BCUT2D eigenvalue weighted by Gasteiger charge is -2.42. The van der Waals surface area contributed by atoms with Gasteiger partial charge >= 0.3 is 23.9 Å². The molecule has 1 saturated carbocycles. The van der Waals surface area contributed by atoms with E-state index >= 15 is 0 Å². The minimum atomic E-state index is -2.32. The summed E-state index contributed by atoms with van der Waals surface area (Å²) in [6.07, 6.45) is -1.94. The van der Waals surface area contributed by atoms with Gasteiger partial charge in [0.25, 0.3) is 0 Å². The van der Waals surface area contributed by atoms with Crippen molar-refractivity contribution in [2.45, 2.75) is 50.6 Å². The molecule has 2 atom stereocenters. The van der Waals surface area contributed by atoms with Gasteiger partial charge in [-0.3, -0.25) is 4.79 Å². The maximum Gasteiger partial charge on any atom is 0.348 e. The summed E-state index contributed by atoms with van der Waals surface area (Å²) >= 11 is 0. The molecule has 2 aromatic carbocycles. The van der Waals surface area contributed by atoms with Crippen molar-refractivity contribution in [3.05, 3.63) is 59.7 Å². The molecular formula is C29H30O13. The first-order valence-corrected chi connectivity index (χ1v) is 12.7. The lowest BCUT2D eigenvalue weighted by atomic mass is 9.79. The zero-order valence-electron chi connectivity index (χ0n) is 22.5. The Bertz CT molecular complexity index is 1320. The minimum absolute atomic E-state index is 0.303. The Morgan fingerprint density at radius 3 is 1.57 bits per heavy atom. The van der Waals surface area contributed by atoms with Crippen LogP contribution in [0.15, 0.2) is 48.6 Å². The van der Waals surface area contributed by atoms with E-state index in [4.69, 9.17) is 14.2 Å². The van der Waals surface area contributed by atoms with Crippen LogP contribution < -0.4 is 0 Å². The van der Waals surface area contributed by atoms with Crippen molar-refractivity contribution in [3.63, 3.8) is 0 Å². The van der Waals surface area contributed by atoms with Crippen LogP contribution in [0.2, 0.25) is 0 Å². The van der Waals surface area contributed by atoms with Gasteiger partial charge in [0.15, 0.2) is 23.0 Å². The molecule has 2 unspecified atom stereocenters. The Morgan fingerprint density at radius 1 is 0.786 bits per heavy atom. The van der Waals surface area contributed by atoms with Crippen molar-refractivity contribution in [1.29, 1.82) is 0 Å². The van der Waals surface area contributed by atoms with Crippen molar-refractivity contribution >= 4 is 36.0 Å². The van der Waals surface area contributed by atoms with Crippen LogP contribution in [0.4, 0.5) is 0 Å². The fourth-order valence-electron chi connectivity index (χ4n) is 4.04. The first-order chi connectivity index (χ1) is 19.7. The highest BCUT2D eigenvalue weighted by atomic mass is 16.6. The van der Waals surface area contributed by atoms with Crippen molar-refractivity contribution in [2.24, 2.45) is 5.92 Å². The second kappa shape index (κ2) is 13.1. The average Bonchev–Trinajstić information content (AvgIpc) is 2.92. The number of aliphatic hydroxyl groups is 1. The van der Waals surface area contributed by atoms with E-state index in [1.54, 1.807) is 0 Å². The van der Waals surface area contributed by atoms with Gasteiger partial charge in [-0.05, 0) is 47.5 Å². The molecule has 3 rings (SSSR count). The number of rotatable bonds is 9. The molecule has 224 valence electrons. The third kappa shape index (κ3) is 7.79. The minimum Gasteiger partial charge on any atom is -0.504 e. The lowest BCUT2D eigenvalue weighted by Crippen LogP contribution is -2.60. The smallest absolute Gasteiger partial charge is 0.348 e. The molecule has 0 aliphatic heterocycles. The number of hydrogen-bond donors (Lipinski definition) is 6. The highest BCUT2D eigenvalue weighted by Gasteiger charge is 2.56. The monoisotopic (exact) mass is 586 g/mol. The number of carboxylic acids is 1. The van der Waals surface area contributed by atoms with Gasteiger partial charge in [-0.2, -0.15) is 0 Å². The molecule has 0 saturated heterocycles. The second-order valence-corrected chi connectivity index (χ2v) is 9.89. The van der Waals surface area contributed by atoms with Gasteiger partial charge in [0.1, 0.15) is 18.3 Å². The summed E-state index contributed by atoms with van der Waals surface area (Å²) in [5.41, 5.74) is -1.72. The summed E-state index contributed by atoms with van der Waals surface area (Å²) in [6, 6.07) is 7.48. The van der Waals surface area contributed by atoms with Crippen LogP contribution in [0.25, 0.3) is 12.2 Å². The molecule has 0 heterocycles. The topological polar surface area (TPSA) is 217 Å². The number of carbonyl (C=O) groups is 4. The molecular weight excluding hydrogens is 556 g/mol. The molecule has 0 radical (unpaired) electrons. The maximum atomic E-state index is 12.6. The molecule has 1 fully saturated rings. The Morgan fingerprint density at radius 2 is 1.21 bits per heavy atom. The van der Waals surface area contributed by atoms with Crippen LogP contribution in [0, 0.1) is 5.92 Å². The van der Waals surface area contributed by atoms with Crippen LogP contribution in [0.3, 0.4) is 0 Å². The second-order valence-electron chi connectivity index (χ2n) is 9.89. The summed E-state index contributed by atoms with van der Waals surface area (Å²) < 4.78 is 15.9. The van der Waals surface area contributed by atoms with Gasteiger partial charge in [0.05, 0.1) is 5.92 Å². The molecule has 6 N–H and O–H groups in total. The SMILES string of the molecule is CC(C)C(=O)OC1(C(=O)O)CC(OC(=O)C=Cc2ccc(O)c(O)c2)C(O)C(OC(=O)C=Cc2ccc(O)c(O)c2)C1. The van der Waals surface area contributed by atoms with Crippen molar-refractivity contribution in [1.82, 2.24) is 0 Å². The highest BCUT2D eigenvalue weighted by Crippen LogP contribution is 2.37. The molecule has 13 heteroatoms. The number of aliphatic hydroxyl groups excluding tert-OH is 1. The van der Waals surface area contributed by atoms with Crippen LogP contribution in [-0.2, 0) is 33.4 Å². The van der Waals surface area contributed by atoms with Gasteiger partial charge in [0, 0.05) is 25.0 Å². The molecule has 0 amide bonds. The summed E-state index contributed by atoms with van der Waals surface area (Å²) in [6.45, 7) is 2.95. The molecule has 42 heavy (non-hydrogen) atoms. The number of aliphatic carboxylic acids is 1. The predicted molar refractivity (Wildman–Crippen MR) is 144 cm³/mol. The third-order valence-electron chi connectivity index (χ3n) is 6.34. The zero-order chi connectivity index (χ0) is 31.2. The van der Waals surface area contributed by atoms with Crippen LogP contribution in [-0.4, -0.2) is 78.4 Å². The molecule has 2 aromatic rings. The fourth-order valence-corrected chi connectivity index (χ4v) is 4.04. The number of hydrogen-bond acceptors (Lipinski definition) is 12. The van der Waals surface area contributed by atoms with Crippen LogP contribution in [0.5, 0.6) is 23.0 Å². The van der Waals surface area contributed by atoms with Crippen molar-refractivity contribution < 1.29 is 64.0 Å². The summed E-state index contributed by atoms with van der Waals surface area (Å²) in [7, 11) is 0. The number of benzene rings is 2. The number of esters is 3. The summed E-state index contributed by atoms with van der Waals surface area (Å²) in [5, 5.41) is 59.0. The predicted octanol–water partition coefficient (Wildman–Crippen LogP) is 2.24. The molecule has 1 aliphatic carbocycles. The van der Waals surface area contributed by atoms with Crippen molar-refractivity contribution in [2.75, 3.05) is 0 Å². The number of aromatic hydroxyl groups is 4. The molecule has 1 aliphatic rings. The standard InChI is InChI=1S/C29H30O13/c1-15(2)27(37)42-29(28(38)39)13-22(40-24(34)9-5-16-3-7-18(30)20(32)11-16)26(36)23(14-29)41-25(35)10-6-17-4-8-19(31)21(33)12-17/h3-12,15,22-23,26,30-33,36H,13-14H2,1-2H3,(H,38,39). The third-order valence-corrected chi connectivity index (χ3v) is 6.34. The van der Waals surface area contributed by atoms with Gasteiger partial charge in [-0.15, -0.1) is 0 Å². The first-order valence-electron chi connectivity index (χ1n) is 12.7. The van der Waals surface area contributed by atoms with Gasteiger partial charge < -0.3 is 44.8 Å². The zero-order valence-corrected chi connectivity index (χ0v) is 22.5. The molecule has 13 nitrogen and oxygen atoms in total. The van der Waals surface area contributed by atoms with E-state index < -0.39 is 78.0 Å². The Balaban J connectivity index is 1.84. The van der Waals surface area contributed by atoms with E-state index in [1.807, 2.05) is 0 Å². The van der Waals surface area contributed by atoms with E-state index in [1.165, 1.54) is 50.3 Å². The normalized spacial score (nSPS) is 22.2. The van der Waals surface area contributed by atoms with E-state index in [0.717, 1.165) is 24.3 Å². The summed E-state index contributed by atoms with van der Waals surface area (Å²) in [4.78, 5) is 50.0. The van der Waals surface area contributed by atoms with Crippen LogP contribution in [0.1, 0.15) is 37.8 Å². The lowest BCUT2D eigenvalue weighted by molar-refractivity contribution is -0.215. The van der Waals surface area contributed by atoms with Crippen LogP contribution >= 0.6 is 0 Å².